The van der Waals surface area contributed by atoms with Crippen LogP contribution >= 0.6 is 15.9 Å². The van der Waals surface area contributed by atoms with Gasteiger partial charge in [-0.05, 0) is 46.6 Å². The maximum atomic E-state index is 13.9. The molecule has 2 aromatic rings. The third-order valence-electron chi connectivity index (χ3n) is 2.87. The minimum atomic E-state index is -0.700. The van der Waals surface area contributed by atoms with Crippen LogP contribution in [0, 0.1) is 12.7 Å². The Labute approximate surface area is 124 Å². The molecule has 0 saturated carbocycles. The lowest BCUT2D eigenvalue weighted by Crippen LogP contribution is -2.14. The zero-order chi connectivity index (χ0) is 14.9. The van der Waals surface area contributed by atoms with E-state index in [9.17, 15) is 9.18 Å². The average molecular weight is 338 g/mol. The van der Waals surface area contributed by atoms with Gasteiger partial charge in [-0.1, -0.05) is 12.1 Å². The van der Waals surface area contributed by atoms with Crippen LogP contribution in [0.15, 0.2) is 34.8 Å². The number of rotatable bonds is 3. The number of carbonyl (C=O) groups excluding carboxylic acids is 1. The first kappa shape index (κ1) is 14.3. The summed E-state index contributed by atoms with van der Waals surface area (Å²) in [5.74, 6) is -1.25. The highest BCUT2D eigenvalue weighted by Crippen LogP contribution is 2.31. The third kappa shape index (κ3) is 2.75. The average Bonchev–Trinajstić information content (AvgIpc) is 2.37. The fourth-order valence-corrected chi connectivity index (χ4v) is 2.15. The monoisotopic (exact) mass is 337 g/mol. The zero-order valence-corrected chi connectivity index (χ0v) is 12.3. The topological polar surface area (TPSA) is 81.1 Å². The van der Waals surface area contributed by atoms with Crippen molar-refractivity contribution < 1.29 is 9.18 Å². The predicted molar refractivity (Wildman–Crippen MR) is 81.5 cm³/mol. The van der Waals surface area contributed by atoms with Crippen LogP contribution in [0.2, 0.25) is 0 Å². The van der Waals surface area contributed by atoms with Crippen molar-refractivity contribution in [2.24, 2.45) is 5.73 Å². The number of primary amides is 1. The molecule has 0 heterocycles. The molecular formula is C14H13BrFN3O. The minimum absolute atomic E-state index is 0.0175. The highest BCUT2D eigenvalue weighted by molar-refractivity contribution is 9.10. The van der Waals surface area contributed by atoms with Gasteiger partial charge in [0.15, 0.2) is 0 Å². The Balaban J connectivity index is 2.46. The molecular weight excluding hydrogens is 325 g/mol. The number of aryl methyl sites for hydroxylation is 1. The lowest BCUT2D eigenvalue weighted by molar-refractivity contribution is 0.100. The van der Waals surface area contributed by atoms with Gasteiger partial charge in [-0.15, -0.1) is 0 Å². The highest BCUT2D eigenvalue weighted by atomic mass is 79.9. The molecule has 0 spiro atoms. The van der Waals surface area contributed by atoms with Gasteiger partial charge in [0.1, 0.15) is 5.82 Å². The van der Waals surface area contributed by atoms with Crippen LogP contribution in [0.5, 0.6) is 0 Å². The quantitative estimate of drug-likeness (QED) is 0.751. The van der Waals surface area contributed by atoms with Crippen molar-refractivity contribution in [3.8, 4) is 0 Å². The number of carbonyl (C=O) groups is 1. The van der Waals surface area contributed by atoms with Gasteiger partial charge in [0.05, 0.1) is 16.9 Å². The van der Waals surface area contributed by atoms with Gasteiger partial charge < -0.3 is 16.8 Å². The molecule has 5 N–H and O–H groups in total. The number of amides is 1. The van der Waals surface area contributed by atoms with Gasteiger partial charge in [-0.2, -0.15) is 0 Å². The van der Waals surface area contributed by atoms with Crippen molar-refractivity contribution in [3.05, 3.63) is 51.7 Å². The van der Waals surface area contributed by atoms with Gasteiger partial charge in [-0.25, -0.2) is 4.39 Å². The molecule has 4 nitrogen and oxygen atoms in total. The molecule has 20 heavy (non-hydrogen) atoms. The zero-order valence-electron chi connectivity index (χ0n) is 10.7. The van der Waals surface area contributed by atoms with E-state index in [1.807, 2.05) is 19.1 Å². The summed E-state index contributed by atoms with van der Waals surface area (Å²) in [6, 6.07) is 7.93. The first-order chi connectivity index (χ1) is 9.40. The molecule has 0 unspecified atom stereocenters. The maximum Gasteiger partial charge on any atom is 0.250 e. The Morgan fingerprint density at radius 2 is 2.00 bits per heavy atom. The van der Waals surface area contributed by atoms with Crippen molar-refractivity contribution in [1.29, 1.82) is 0 Å². The summed E-state index contributed by atoms with van der Waals surface area (Å²) in [6.45, 7) is 1.92. The van der Waals surface area contributed by atoms with E-state index in [2.05, 4.69) is 21.2 Å². The van der Waals surface area contributed by atoms with Crippen molar-refractivity contribution in [2.45, 2.75) is 6.92 Å². The van der Waals surface area contributed by atoms with E-state index in [1.54, 1.807) is 6.07 Å². The maximum absolute atomic E-state index is 13.9. The summed E-state index contributed by atoms with van der Waals surface area (Å²) in [7, 11) is 0. The Bertz CT molecular complexity index is 688. The Morgan fingerprint density at radius 1 is 1.30 bits per heavy atom. The molecule has 1 amide bonds. The fraction of sp³-hybridized carbons (Fsp3) is 0.0714. The summed E-state index contributed by atoms with van der Waals surface area (Å²) < 4.78 is 14.7. The molecule has 0 atom stereocenters. The molecule has 6 heteroatoms. The number of nitrogens with one attached hydrogen (secondary N) is 1. The molecule has 0 saturated heterocycles. The largest absolute Gasteiger partial charge is 0.398 e. The summed E-state index contributed by atoms with van der Waals surface area (Å²) in [4.78, 5) is 11.2. The fourth-order valence-electron chi connectivity index (χ4n) is 1.79. The second-order valence-electron chi connectivity index (χ2n) is 4.35. The summed E-state index contributed by atoms with van der Waals surface area (Å²) >= 11 is 3.42. The van der Waals surface area contributed by atoms with Crippen LogP contribution < -0.4 is 16.8 Å². The normalized spacial score (nSPS) is 10.3. The van der Waals surface area contributed by atoms with Crippen LogP contribution in [-0.4, -0.2) is 5.91 Å². The van der Waals surface area contributed by atoms with E-state index >= 15 is 0 Å². The molecule has 104 valence electrons. The Morgan fingerprint density at radius 3 is 2.65 bits per heavy atom. The summed E-state index contributed by atoms with van der Waals surface area (Å²) in [6.07, 6.45) is 0. The summed E-state index contributed by atoms with van der Waals surface area (Å²) in [5, 5.41) is 2.92. The Kier molecular flexibility index (Phi) is 3.94. The molecule has 0 bridgehead atoms. The van der Waals surface area contributed by atoms with Crippen molar-refractivity contribution in [2.75, 3.05) is 11.1 Å². The second-order valence-corrected chi connectivity index (χ2v) is 5.14. The van der Waals surface area contributed by atoms with Gasteiger partial charge >= 0.3 is 0 Å². The van der Waals surface area contributed by atoms with Crippen LogP contribution in [0.4, 0.5) is 21.5 Å². The van der Waals surface area contributed by atoms with Gasteiger partial charge in [-0.3, -0.25) is 4.79 Å². The van der Waals surface area contributed by atoms with Crippen LogP contribution in [0.25, 0.3) is 0 Å². The van der Waals surface area contributed by atoms with Crippen molar-refractivity contribution >= 4 is 38.9 Å². The Hall–Kier alpha value is -2.08. The van der Waals surface area contributed by atoms with E-state index in [-0.39, 0.29) is 16.9 Å². The van der Waals surface area contributed by atoms with E-state index in [0.717, 1.165) is 16.1 Å². The first-order valence-electron chi connectivity index (χ1n) is 5.81. The van der Waals surface area contributed by atoms with E-state index < -0.39 is 11.7 Å². The summed E-state index contributed by atoms with van der Waals surface area (Å²) in [5.41, 5.74) is 12.7. The molecule has 0 aromatic heterocycles. The predicted octanol–water partition coefficient (Wildman–Crippen LogP) is 3.32. The van der Waals surface area contributed by atoms with E-state index in [1.165, 1.54) is 6.07 Å². The van der Waals surface area contributed by atoms with Crippen molar-refractivity contribution in [1.82, 2.24) is 0 Å². The number of hydrogen-bond acceptors (Lipinski definition) is 3. The molecule has 0 aliphatic rings. The van der Waals surface area contributed by atoms with Gasteiger partial charge in [0.25, 0.3) is 5.91 Å². The SMILES string of the molecule is Cc1cccc(Nc2cc(C(N)=O)c(N)cc2F)c1Br. The smallest absolute Gasteiger partial charge is 0.250 e. The van der Waals surface area contributed by atoms with Crippen LogP contribution in [-0.2, 0) is 0 Å². The van der Waals surface area contributed by atoms with Crippen LogP contribution in [0.1, 0.15) is 15.9 Å². The minimum Gasteiger partial charge on any atom is -0.398 e. The molecule has 2 rings (SSSR count). The highest BCUT2D eigenvalue weighted by Gasteiger charge is 2.13. The molecule has 0 aliphatic heterocycles. The lowest BCUT2D eigenvalue weighted by Gasteiger charge is -2.13. The first-order valence-corrected chi connectivity index (χ1v) is 6.60. The molecule has 2 aromatic carbocycles. The van der Waals surface area contributed by atoms with Gasteiger partial charge in [0.2, 0.25) is 0 Å². The van der Waals surface area contributed by atoms with E-state index in [4.69, 9.17) is 11.5 Å². The van der Waals surface area contributed by atoms with E-state index in [0.29, 0.717) is 5.69 Å². The number of halogens is 2. The number of nitrogen functional groups attached to an aromatic ring is 1. The lowest BCUT2D eigenvalue weighted by atomic mass is 10.1. The molecule has 0 radical (unpaired) electrons. The van der Waals surface area contributed by atoms with Crippen molar-refractivity contribution in [3.63, 3.8) is 0 Å². The number of nitrogens with two attached hydrogens (primary N) is 2. The molecule has 0 fully saturated rings. The van der Waals surface area contributed by atoms with Crippen LogP contribution in [0.3, 0.4) is 0 Å². The molecule has 0 aliphatic carbocycles. The number of anilines is 3. The van der Waals surface area contributed by atoms with Gasteiger partial charge in [0, 0.05) is 10.2 Å². The second kappa shape index (κ2) is 5.50. The number of hydrogen-bond donors (Lipinski definition) is 3. The number of benzene rings is 2. The standard InChI is InChI=1S/C14H13BrFN3O/c1-7-3-2-4-11(13(7)15)19-12-5-8(14(18)20)10(17)6-9(12)16/h2-6,19H,17H2,1H3,(H2,18,20). The third-order valence-corrected chi connectivity index (χ3v) is 3.92.